The van der Waals surface area contributed by atoms with Crippen molar-refractivity contribution in [2.24, 2.45) is 5.92 Å². The van der Waals surface area contributed by atoms with E-state index in [0.717, 1.165) is 49.8 Å². The van der Waals surface area contributed by atoms with E-state index in [1.807, 2.05) is 12.1 Å². The molecule has 2 rings (SSSR count). The maximum absolute atomic E-state index is 12.2. The van der Waals surface area contributed by atoms with E-state index in [4.69, 9.17) is 0 Å². The Labute approximate surface area is 127 Å². The van der Waals surface area contributed by atoms with Crippen molar-refractivity contribution in [3.05, 3.63) is 23.4 Å². The molecule has 1 aliphatic rings. The van der Waals surface area contributed by atoms with E-state index in [1.165, 1.54) is 19.3 Å². The molecule has 1 fully saturated rings. The van der Waals surface area contributed by atoms with Gasteiger partial charge in [-0.3, -0.25) is 4.79 Å². The number of carbonyl (C=O) groups is 1. The normalized spacial score (nSPS) is 14.0. The van der Waals surface area contributed by atoms with E-state index in [9.17, 15) is 4.79 Å². The van der Waals surface area contributed by atoms with Crippen molar-refractivity contribution in [2.75, 3.05) is 18.4 Å². The van der Waals surface area contributed by atoms with Crippen LogP contribution in [0.15, 0.2) is 12.1 Å². The van der Waals surface area contributed by atoms with E-state index in [0.29, 0.717) is 5.56 Å². The largest absolute Gasteiger partial charge is 0.370 e. The van der Waals surface area contributed by atoms with Crippen molar-refractivity contribution in [1.82, 2.24) is 10.3 Å². The Kier molecular flexibility index (Phi) is 6.03. The summed E-state index contributed by atoms with van der Waals surface area (Å²) in [7, 11) is 0. The third-order valence-electron chi connectivity index (χ3n) is 3.83. The molecule has 0 atom stereocenters. The molecule has 21 heavy (non-hydrogen) atoms. The molecule has 1 heterocycles. The summed E-state index contributed by atoms with van der Waals surface area (Å²) in [5.41, 5.74) is 1.67. The molecule has 1 aromatic heterocycles. The monoisotopic (exact) mass is 289 g/mol. The average Bonchev–Trinajstić information content (AvgIpc) is 3.33. The molecule has 0 bridgehead atoms. The lowest BCUT2D eigenvalue weighted by molar-refractivity contribution is 0.0952. The minimum atomic E-state index is 0.0162. The van der Waals surface area contributed by atoms with Gasteiger partial charge in [-0.2, -0.15) is 0 Å². The van der Waals surface area contributed by atoms with Crippen LogP contribution >= 0.6 is 0 Å². The van der Waals surface area contributed by atoms with Crippen molar-refractivity contribution in [3.8, 4) is 0 Å². The first-order chi connectivity index (χ1) is 10.2. The molecule has 2 N–H and O–H groups in total. The van der Waals surface area contributed by atoms with Gasteiger partial charge in [0.1, 0.15) is 5.82 Å². The van der Waals surface area contributed by atoms with Crippen LogP contribution in [0, 0.1) is 5.92 Å². The molecule has 1 amide bonds. The summed E-state index contributed by atoms with van der Waals surface area (Å²) in [5, 5.41) is 6.29. The number of carbonyl (C=O) groups excluding carboxylic acids is 1. The number of amides is 1. The first-order valence-electron chi connectivity index (χ1n) is 8.26. The Morgan fingerprint density at radius 2 is 2.10 bits per heavy atom. The van der Waals surface area contributed by atoms with Crippen LogP contribution in [0.5, 0.6) is 0 Å². The predicted octanol–water partition coefficient (Wildman–Crippen LogP) is 3.39. The molecule has 116 valence electrons. The Hall–Kier alpha value is -1.58. The molecule has 1 aliphatic carbocycles. The fourth-order valence-corrected chi connectivity index (χ4v) is 2.34. The molecule has 4 nitrogen and oxygen atoms in total. The number of aromatic nitrogens is 1. The standard InChI is InChI=1S/C17H27N3O/c1-3-9-18-16-12-14(11-15(4-2)20-16)17(21)19-10-5-6-13-7-8-13/h11-13H,3-10H2,1-2H3,(H,18,20)(H,19,21). The van der Waals surface area contributed by atoms with Gasteiger partial charge in [0.2, 0.25) is 0 Å². The predicted molar refractivity (Wildman–Crippen MR) is 86.7 cm³/mol. The minimum absolute atomic E-state index is 0.0162. The van der Waals surface area contributed by atoms with Crippen LogP contribution in [-0.2, 0) is 6.42 Å². The lowest BCUT2D eigenvalue weighted by atomic mass is 10.1. The second-order valence-electron chi connectivity index (χ2n) is 5.85. The molecule has 0 aliphatic heterocycles. The lowest BCUT2D eigenvalue weighted by Crippen LogP contribution is -2.25. The summed E-state index contributed by atoms with van der Waals surface area (Å²) >= 11 is 0. The Bertz CT molecular complexity index is 469. The van der Waals surface area contributed by atoms with Gasteiger partial charge in [0.05, 0.1) is 0 Å². The highest BCUT2D eigenvalue weighted by Crippen LogP contribution is 2.33. The van der Waals surface area contributed by atoms with Crippen LogP contribution in [0.25, 0.3) is 0 Å². The van der Waals surface area contributed by atoms with Gasteiger partial charge < -0.3 is 10.6 Å². The quantitative estimate of drug-likeness (QED) is 0.685. The third-order valence-corrected chi connectivity index (χ3v) is 3.83. The second-order valence-corrected chi connectivity index (χ2v) is 5.85. The second kappa shape index (κ2) is 8.01. The van der Waals surface area contributed by atoms with Gasteiger partial charge in [0.15, 0.2) is 0 Å². The van der Waals surface area contributed by atoms with Crippen LogP contribution in [0.3, 0.4) is 0 Å². The number of nitrogens with one attached hydrogen (secondary N) is 2. The van der Waals surface area contributed by atoms with E-state index in [1.54, 1.807) is 0 Å². The smallest absolute Gasteiger partial charge is 0.251 e. The molecule has 1 saturated carbocycles. The number of pyridine rings is 1. The summed E-state index contributed by atoms with van der Waals surface area (Å²) in [6, 6.07) is 3.75. The first kappa shape index (κ1) is 15.8. The topological polar surface area (TPSA) is 54.0 Å². The zero-order chi connectivity index (χ0) is 15.1. The summed E-state index contributed by atoms with van der Waals surface area (Å²) in [5.74, 6) is 1.75. The van der Waals surface area contributed by atoms with Gasteiger partial charge in [0, 0.05) is 24.3 Å². The van der Waals surface area contributed by atoms with Crippen molar-refractivity contribution < 1.29 is 4.79 Å². The number of rotatable bonds is 9. The zero-order valence-corrected chi connectivity index (χ0v) is 13.2. The van der Waals surface area contributed by atoms with Gasteiger partial charge in [-0.1, -0.05) is 26.7 Å². The molecule has 0 unspecified atom stereocenters. The molecule has 0 radical (unpaired) electrons. The molecular formula is C17H27N3O. The van der Waals surface area contributed by atoms with Crippen LogP contribution in [0.4, 0.5) is 5.82 Å². The maximum atomic E-state index is 12.2. The van der Waals surface area contributed by atoms with Gasteiger partial charge in [-0.05, 0) is 43.7 Å². The number of aryl methyl sites for hydroxylation is 1. The van der Waals surface area contributed by atoms with E-state index >= 15 is 0 Å². The number of hydrogen-bond donors (Lipinski definition) is 2. The van der Waals surface area contributed by atoms with Crippen molar-refractivity contribution in [2.45, 2.75) is 52.4 Å². The number of nitrogens with zero attached hydrogens (tertiary/aromatic N) is 1. The number of hydrogen-bond acceptors (Lipinski definition) is 3. The third kappa shape index (κ3) is 5.37. The fourth-order valence-electron chi connectivity index (χ4n) is 2.34. The summed E-state index contributed by atoms with van der Waals surface area (Å²) in [4.78, 5) is 16.7. The lowest BCUT2D eigenvalue weighted by Gasteiger charge is -2.10. The van der Waals surface area contributed by atoms with Gasteiger partial charge in [-0.25, -0.2) is 4.98 Å². The molecule has 4 heteroatoms. The Morgan fingerprint density at radius 1 is 1.29 bits per heavy atom. The average molecular weight is 289 g/mol. The Balaban J connectivity index is 1.90. The molecule has 1 aromatic rings. The first-order valence-corrected chi connectivity index (χ1v) is 8.26. The van der Waals surface area contributed by atoms with Crippen molar-refractivity contribution in [3.63, 3.8) is 0 Å². The zero-order valence-electron chi connectivity index (χ0n) is 13.2. The van der Waals surface area contributed by atoms with E-state index in [2.05, 4.69) is 29.5 Å². The van der Waals surface area contributed by atoms with E-state index in [-0.39, 0.29) is 5.91 Å². The summed E-state index contributed by atoms with van der Waals surface area (Å²) < 4.78 is 0. The van der Waals surface area contributed by atoms with Crippen LogP contribution in [0.2, 0.25) is 0 Å². The van der Waals surface area contributed by atoms with E-state index < -0.39 is 0 Å². The van der Waals surface area contributed by atoms with Gasteiger partial charge >= 0.3 is 0 Å². The highest BCUT2D eigenvalue weighted by atomic mass is 16.1. The maximum Gasteiger partial charge on any atom is 0.251 e. The van der Waals surface area contributed by atoms with Crippen molar-refractivity contribution >= 4 is 11.7 Å². The molecule has 0 spiro atoms. The van der Waals surface area contributed by atoms with Crippen molar-refractivity contribution in [1.29, 1.82) is 0 Å². The summed E-state index contributed by atoms with van der Waals surface area (Å²) in [6.07, 6.45) is 6.97. The molecular weight excluding hydrogens is 262 g/mol. The van der Waals surface area contributed by atoms with Crippen LogP contribution in [-0.4, -0.2) is 24.0 Å². The fraction of sp³-hybridized carbons (Fsp3) is 0.647. The number of anilines is 1. The molecule has 0 saturated heterocycles. The van der Waals surface area contributed by atoms with Crippen LogP contribution < -0.4 is 10.6 Å². The minimum Gasteiger partial charge on any atom is -0.370 e. The highest BCUT2D eigenvalue weighted by Gasteiger charge is 2.20. The molecule has 0 aromatic carbocycles. The summed E-state index contributed by atoms with van der Waals surface area (Å²) in [6.45, 7) is 5.83. The Morgan fingerprint density at radius 3 is 2.76 bits per heavy atom. The van der Waals surface area contributed by atoms with Crippen LogP contribution in [0.1, 0.15) is 62.0 Å². The SMILES string of the molecule is CCCNc1cc(C(=O)NCCCC2CC2)cc(CC)n1. The highest BCUT2D eigenvalue weighted by molar-refractivity contribution is 5.95. The van der Waals surface area contributed by atoms with Gasteiger partial charge in [0.25, 0.3) is 5.91 Å². The van der Waals surface area contributed by atoms with Gasteiger partial charge in [-0.15, -0.1) is 0 Å².